The van der Waals surface area contributed by atoms with Crippen LogP contribution < -0.4 is 5.32 Å². The van der Waals surface area contributed by atoms with Gasteiger partial charge in [0.1, 0.15) is 36.6 Å². The van der Waals surface area contributed by atoms with Crippen molar-refractivity contribution in [1.82, 2.24) is 5.32 Å². The van der Waals surface area contributed by atoms with Gasteiger partial charge in [0.25, 0.3) is 5.79 Å². The Labute approximate surface area is 332 Å². The zero-order valence-electron chi connectivity index (χ0n) is 34.7. The second-order valence-corrected chi connectivity index (χ2v) is 15.6. The Morgan fingerprint density at radius 2 is 1.13 bits per heavy atom. The molecule has 1 fully saturated rings. The summed E-state index contributed by atoms with van der Waals surface area (Å²) in [6.45, 7) is 5.24. The number of unbranched alkanes of at least 4 members (excludes halogenated alkanes) is 22. The summed E-state index contributed by atoms with van der Waals surface area (Å²) >= 11 is 0. The third-order valence-corrected chi connectivity index (χ3v) is 10.6. The monoisotopic (exact) mass is 792 g/mol. The van der Waals surface area contributed by atoms with Gasteiger partial charge >= 0.3 is 5.97 Å². The van der Waals surface area contributed by atoms with Gasteiger partial charge in [-0.3, -0.25) is 4.79 Å². The standard InChI is InChI=1S/C42H81NO12/c1-4-6-8-10-12-14-16-18-20-22-24-26-28-52-31-34(53-29-27-25-23-21-19-17-15-13-11-9-7-5-2)32-54-42(41(50)51)40(49)38(48)36(43-33(3)45)39(55-42)37(47)35(46)30-44/h34-40,44,46-49H,4-32H2,1-3H3,(H,43,45)(H,50,51)/t34?,35-,36-,37-,38-,39-,40+,42-/m1/s1. The summed E-state index contributed by atoms with van der Waals surface area (Å²) in [5, 5.41) is 65.0. The highest BCUT2D eigenvalue weighted by atomic mass is 16.7. The maximum absolute atomic E-state index is 12.7. The first-order valence-corrected chi connectivity index (χ1v) is 21.9. The molecular formula is C42H81NO12. The molecule has 13 heteroatoms. The van der Waals surface area contributed by atoms with Gasteiger partial charge in [-0.15, -0.1) is 0 Å². The average Bonchev–Trinajstić information content (AvgIpc) is 3.17. The second-order valence-electron chi connectivity index (χ2n) is 15.6. The van der Waals surface area contributed by atoms with Gasteiger partial charge in [-0.05, 0) is 12.8 Å². The van der Waals surface area contributed by atoms with Crippen LogP contribution in [0.2, 0.25) is 0 Å². The Bertz CT molecular complexity index is 944. The summed E-state index contributed by atoms with van der Waals surface area (Å²) in [7, 11) is 0. The minimum absolute atomic E-state index is 0.0917. The number of hydrogen-bond donors (Lipinski definition) is 7. The van der Waals surface area contributed by atoms with E-state index < -0.39 is 73.5 Å². The van der Waals surface area contributed by atoms with Crippen LogP contribution in [-0.4, -0.2) is 124 Å². The van der Waals surface area contributed by atoms with E-state index in [4.69, 9.17) is 18.9 Å². The number of ether oxygens (including phenoxy) is 4. The van der Waals surface area contributed by atoms with Crippen molar-refractivity contribution in [2.45, 2.75) is 223 Å². The number of carboxylic acids is 1. The summed E-state index contributed by atoms with van der Waals surface area (Å²) < 4.78 is 23.5. The summed E-state index contributed by atoms with van der Waals surface area (Å²) in [4.78, 5) is 24.6. The molecule has 0 aromatic heterocycles. The number of carbonyl (C=O) groups excluding carboxylic acids is 1. The molecular weight excluding hydrogens is 710 g/mol. The number of hydrogen-bond acceptors (Lipinski definition) is 11. The summed E-state index contributed by atoms with van der Waals surface area (Å²) in [6, 6.07) is -1.53. The molecule has 8 atom stereocenters. The Morgan fingerprint density at radius 1 is 0.691 bits per heavy atom. The molecule has 55 heavy (non-hydrogen) atoms. The van der Waals surface area contributed by atoms with Crippen molar-refractivity contribution in [3.63, 3.8) is 0 Å². The van der Waals surface area contributed by atoms with E-state index in [1.807, 2.05) is 0 Å². The number of carboxylic acid groups (broad SMARTS) is 1. The zero-order chi connectivity index (χ0) is 40.7. The largest absolute Gasteiger partial charge is 0.477 e. The maximum Gasteiger partial charge on any atom is 0.367 e. The first kappa shape index (κ1) is 51.6. The third-order valence-electron chi connectivity index (χ3n) is 10.6. The van der Waals surface area contributed by atoms with Crippen LogP contribution in [0.15, 0.2) is 0 Å². The van der Waals surface area contributed by atoms with Crippen molar-refractivity contribution in [1.29, 1.82) is 0 Å². The van der Waals surface area contributed by atoms with E-state index in [-0.39, 0.29) is 6.61 Å². The Balaban J connectivity index is 2.74. The Kier molecular flexibility index (Phi) is 30.5. The fraction of sp³-hybridized carbons (Fsp3) is 0.952. The lowest BCUT2D eigenvalue weighted by atomic mass is 9.86. The summed E-state index contributed by atoms with van der Waals surface area (Å²) in [5.41, 5.74) is 0. The van der Waals surface area contributed by atoms with Crippen molar-refractivity contribution < 1.29 is 59.2 Å². The number of carbonyl (C=O) groups is 2. The van der Waals surface area contributed by atoms with Crippen LogP contribution in [-0.2, 0) is 28.5 Å². The van der Waals surface area contributed by atoms with Gasteiger partial charge in [0.05, 0.1) is 25.9 Å². The highest BCUT2D eigenvalue weighted by molar-refractivity contribution is 5.77. The molecule has 1 heterocycles. The first-order chi connectivity index (χ1) is 26.5. The molecule has 0 radical (unpaired) electrons. The van der Waals surface area contributed by atoms with Crippen LogP contribution in [0.1, 0.15) is 175 Å². The molecule has 1 aliphatic rings. The van der Waals surface area contributed by atoms with Crippen LogP contribution >= 0.6 is 0 Å². The Morgan fingerprint density at radius 3 is 1.55 bits per heavy atom. The van der Waals surface area contributed by atoms with Gasteiger partial charge in [0.2, 0.25) is 5.91 Å². The van der Waals surface area contributed by atoms with Crippen LogP contribution in [0.3, 0.4) is 0 Å². The topological polar surface area (TPSA) is 204 Å². The molecule has 0 spiro atoms. The van der Waals surface area contributed by atoms with Gasteiger partial charge in [-0.25, -0.2) is 4.79 Å². The second kappa shape index (κ2) is 32.5. The molecule has 1 amide bonds. The number of aliphatic hydroxyl groups is 5. The lowest BCUT2D eigenvalue weighted by Crippen LogP contribution is -2.74. The third kappa shape index (κ3) is 21.8. The molecule has 326 valence electrons. The fourth-order valence-electron chi connectivity index (χ4n) is 7.14. The van der Waals surface area contributed by atoms with E-state index in [9.17, 15) is 40.2 Å². The quantitative estimate of drug-likeness (QED) is 0.0366. The van der Waals surface area contributed by atoms with Gasteiger partial charge in [0, 0.05) is 20.1 Å². The molecule has 0 aliphatic carbocycles. The minimum atomic E-state index is -2.90. The van der Waals surface area contributed by atoms with Gasteiger partial charge < -0.3 is 54.9 Å². The van der Waals surface area contributed by atoms with Crippen molar-refractivity contribution in [2.24, 2.45) is 0 Å². The lowest BCUT2D eigenvalue weighted by Gasteiger charge is -2.49. The highest BCUT2D eigenvalue weighted by Gasteiger charge is 2.62. The minimum Gasteiger partial charge on any atom is -0.477 e. The molecule has 1 saturated heterocycles. The number of amides is 1. The summed E-state index contributed by atoms with van der Waals surface area (Å²) in [6.07, 6.45) is 18.6. The Hall–Kier alpha value is -1.42. The molecule has 0 aromatic rings. The van der Waals surface area contributed by atoms with E-state index in [0.29, 0.717) is 13.2 Å². The molecule has 0 aromatic carbocycles. The van der Waals surface area contributed by atoms with Crippen molar-refractivity contribution in [3.8, 4) is 0 Å². The van der Waals surface area contributed by atoms with Crippen molar-refractivity contribution in [3.05, 3.63) is 0 Å². The average molecular weight is 792 g/mol. The van der Waals surface area contributed by atoms with Crippen molar-refractivity contribution in [2.75, 3.05) is 33.0 Å². The molecule has 1 aliphatic heterocycles. The lowest BCUT2D eigenvalue weighted by molar-refractivity contribution is -0.351. The van der Waals surface area contributed by atoms with Gasteiger partial charge in [0.15, 0.2) is 0 Å². The smallest absolute Gasteiger partial charge is 0.367 e. The van der Waals surface area contributed by atoms with Gasteiger partial charge in [-0.2, -0.15) is 0 Å². The molecule has 0 bridgehead atoms. The van der Waals surface area contributed by atoms with Crippen LogP contribution in [0.25, 0.3) is 0 Å². The van der Waals surface area contributed by atoms with E-state index in [1.54, 1.807) is 0 Å². The van der Waals surface area contributed by atoms with Crippen LogP contribution in [0.5, 0.6) is 0 Å². The predicted octanol–water partition coefficient (Wildman–Crippen LogP) is 5.93. The molecule has 1 unspecified atom stereocenters. The molecule has 0 saturated carbocycles. The van der Waals surface area contributed by atoms with E-state index in [1.165, 1.54) is 116 Å². The molecule has 7 N–H and O–H groups in total. The first-order valence-electron chi connectivity index (χ1n) is 21.9. The van der Waals surface area contributed by atoms with E-state index >= 15 is 0 Å². The maximum atomic E-state index is 12.7. The van der Waals surface area contributed by atoms with E-state index in [0.717, 1.165) is 45.4 Å². The zero-order valence-corrected chi connectivity index (χ0v) is 34.7. The molecule has 1 rings (SSSR count). The number of nitrogens with one attached hydrogen (secondary N) is 1. The van der Waals surface area contributed by atoms with Crippen LogP contribution in [0.4, 0.5) is 0 Å². The van der Waals surface area contributed by atoms with Gasteiger partial charge in [-0.1, -0.05) is 155 Å². The number of rotatable bonds is 37. The van der Waals surface area contributed by atoms with Crippen molar-refractivity contribution >= 4 is 11.9 Å². The van der Waals surface area contributed by atoms with E-state index in [2.05, 4.69) is 19.2 Å². The summed E-state index contributed by atoms with van der Waals surface area (Å²) in [5.74, 6) is -5.37. The number of aliphatic carboxylic acids is 1. The number of aliphatic hydroxyl groups excluding tert-OH is 5. The van der Waals surface area contributed by atoms with Crippen LogP contribution in [0, 0.1) is 0 Å². The predicted molar refractivity (Wildman–Crippen MR) is 213 cm³/mol. The SMILES string of the molecule is CCCCCCCCCCCCCCOCC(CO[C@@]1(C(=O)O)O[C@@H]([C@H](O)[C@H](O)CO)[C@H](NC(C)=O)[C@@H](O)[C@@H]1O)OCCCCCCCCCCCCCC. The fourth-order valence-corrected chi connectivity index (χ4v) is 7.14. The molecule has 13 nitrogen and oxygen atoms in total. The highest BCUT2D eigenvalue weighted by Crippen LogP contribution is 2.34. The normalized spacial score (nSPS) is 23.1.